The molecular formula is C18H28N2. The molecular weight excluding hydrogens is 244 g/mol. The minimum atomic E-state index is 0.460. The number of aliphatic imine (C=N–C) groups is 2. The zero-order valence-electron chi connectivity index (χ0n) is 14.0. The Kier molecular flexibility index (Phi) is 6.16. The summed E-state index contributed by atoms with van der Waals surface area (Å²) in [6, 6.07) is 5.12. The Balaban J connectivity index is 3.68. The Morgan fingerprint density at radius 3 is 2.25 bits per heavy atom. The van der Waals surface area contributed by atoms with Crippen molar-refractivity contribution in [1.82, 2.24) is 0 Å². The summed E-state index contributed by atoms with van der Waals surface area (Å²) in [4.78, 5) is 8.41. The van der Waals surface area contributed by atoms with Gasteiger partial charge in [0.1, 0.15) is 0 Å². The van der Waals surface area contributed by atoms with Crippen LogP contribution in [-0.2, 0) is 6.42 Å². The van der Waals surface area contributed by atoms with E-state index in [1.54, 1.807) is 7.05 Å². The van der Waals surface area contributed by atoms with Crippen LogP contribution in [0.2, 0.25) is 0 Å². The van der Waals surface area contributed by atoms with Gasteiger partial charge in [-0.2, -0.15) is 4.99 Å². The molecule has 0 radical (unpaired) electrons. The molecule has 0 spiro atoms. The predicted octanol–water partition coefficient (Wildman–Crippen LogP) is 5.63. The Morgan fingerprint density at radius 1 is 1.15 bits per heavy atom. The normalized spacial score (nSPS) is 10.8. The van der Waals surface area contributed by atoms with Gasteiger partial charge in [-0.1, -0.05) is 47.1 Å². The van der Waals surface area contributed by atoms with Gasteiger partial charge in [-0.3, -0.25) is 0 Å². The fourth-order valence-corrected chi connectivity index (χ4v) is 2.87. The molecule has 0 aromatic heterocycles. The molecule has 0 aliphatic heterocycles. The number of benzene rings is 1. The maximum absolute atomic E-state index is 4.51. The van der Waals surface area contributed by atoms with Crippen molar-refractivity contribution in [2.24, 2.45) is 9.98 Å². The fourth-order valence-electron chi connectivity index (χ4n) is 2.87. The highest BCUT2D eigenvalue weighted by Gasteiger charge is 2.18. The van der Waals surface area contributed by atoms with E-state index in [4.69, 9.17) is 0 Å². The van der Waals surface area contributed by atoms with Gasteiger partial charge in [0.05, 0.1) is 11.7 Å². The van der Waals surface area contributed by atoms with Crippen LogP contribution >= 0.6 is 0 Å². The zero-order chi connectivity index (χ0) is 15.3. The molecule has 0 heterocycles. The van der Waals surface area contributed by atoms with Crippen molar-refractivity contribution < 1.29 is 0 Å². The lowest BCUT2D eigenvalue weighted by atomic mass is 9.85. The summed E-state index contributed by atoms with van der Waals surface area (Å²) >= 11 is 0. The molecule has 0 aliphatic carbocycles. The number of hydrogen-bond donors (Lipinski definition) is 0. The number of rotatable bonds is 5. The van der Waals surface area contributed by atoms with Crippen LogP contribution in [0.15, 0.2) is 16.1 Å². The maximum Gasteiger partial charge on any atom is 0.0946 e. The average Bonchev–Trinajstić information content (AvgIpc) is 2.37. The van der Waals surface area contributed by atoms with Crippen LogP contribution in [0.1, 0.15) is 75.1 Å². The first-order valence-corrected chi connectivity index (χ1v) is 7.64. The Bertz CT molecular complexity index is 519. The van der Waals surface area contributed by atoms with Gasteiger partial charge in [0.15, 0.2) is 0 Å². The molecule has 1 aromatic carbocycles. The average molecular weight is 272 g/mol. The molecule has 0 aliphatic rings. The first-order chi connectivity index (χ1) is 9.43. The topological polar surface area (TPSA) is 24.7 Å². The second-order valence-corrected chi connectivity index (χ2v) is 6.01. The minimum Gasteiger partial charge on any atom is -0.229 e. The molecule has 20 heavy (non-hydrogen) atoms. The Hall–Kier alpha value is -1.40. The van der Waals surface area contributed by atoms with Gasteiger partial charge in [0.2, 0.25) is 0 Å². The summed E-state index contributed by atoms with van der Waals surface area (Å²) in [6.07, 6.45) is 2.19. The molecule has 1 aromatic rings. The zero-order valence-corrected chi connectivity index (χ0v) is 14.0. The molecule has 0 fully saturated rings. The van der Waals surface area contributed by atoms with Crippen LogP contribution in [0, 0.1) is 6.92 Å². The molecule has 110 valence electrons. The summed E-state index contributed by atoms with van der Waals surface area (Å²) < 4.78 is 0. The second-order valence-electron chi connectivity index (χ2n) is 6.01. The summed E-state index contributed by atoms with van der Waals surface area (Å²) in [5, 5.41) is 0. The number of aryl methyl sites for hydroxylation is 1. The molecule has 1 rings (SSSR count). The maximum atomic E-state index is 4.51. The third-order valence-corrected chi connectivity index (χ3v) is 3.71. The van der Waals surface area contributed by atoms with Crippen molar-refractivity contribution in [1.29, 1.82) is 0 Å². The third-order valence-electron chi connectivity index (χ3n) is 3.71. The second kappa shape index (κ2) is 7.40. The molecule has 0 bridgehead atoms. The molecule has 0 saturated carbocycles. The van der Waals surface area contributed by atoms with Crippen LogP contribution in [0.4, 0.5) is 5.69 Å². The standard InChI is InChI=1S/C18H28N2/c1-8-9-15-10-16(12(2)3)14(6)17(13(4)5)18(15)20-11-19-7/h10,12-13H,8-9H2,1-7H3. The molecule has 0 atom stereocenters. The van der Waals surface area contributed by atoms with Crippen molar-refractivity contribution in [3.8, 4) is 0 Å². The first kappa shape index (κ1) is 16.7. The van der Waals surface area contributed by atoms with Crippen molar-refractivity contribution in [2.75, 3.05) is 7.05 Å². The van der Waals surface area contributed by atoms with Gasteiger partial charge in [-0.15, -0.1) is 0 Å². The molecule has 0 amide bonds. The fraction of sp³-hybridized carbons (Fsp3) is 0.611. The smallest absolute Gasteiger partial charge is 0.0946 e. The number of hydrogen-bond acceptors (Lipinski definition) is 2. The Morgan fingerprint density at radius 2 is 1.80 bits per heavy atom. The van der Waals surface area contributed by atoms with E-state index in [-0.39, 0.29) is 0 Å². The molecule has 2 nitrogen and oxygen atoms in total. The highest BCUT2D eigenvalue weighted by atomic mass is 14.8. The van der Waals surface area contributed by atoms with E-state index >= 15 is 0 Å². The lowest BCUT2D eigenvalue weighted by Gasteiger charge is -2.21. The van der Waals surface area contributed by atoms with Gasteiger partial charge in [-0.25, -0.2) is 4.99 Å². The van der Waals surface area contributed by atoms with E-state index in [2.05, 4.69) is 63.6 Å². The van der Waals surface area contributed by atoms with Gasteiger partial charge in [-0.05, 0) is 47.4 Å². The monoisotopic (exact) mass is 272 g/mol. The summed E-state index contributed by atoms with van der Waals surface area (Å²) in [5.41, 5.74) is 6.61. The number of nitrogens with zero attached hydrogens (tertiary/aromatic N) is 2. The van der Waals surface area contributed by atoms with Crippen molar-refractivity contribution in [3.63, 3.8) is 0 Å². The summed E-state index contributed by atoms with van der Waals surface area (Å²) in [5.74, 6) is 1.00. The van der Waals surface area contributed by atoms with Gasteiger partial charge in [0, 0.05) is 7.05 Å². The lowest BCUT2D eigenvalue weighted by molar-refractivity contribution is 0.805. The van der Waals surface area contributed by atoms with Crippen molar-refractivity contribution in [2.45, 2.75) is 66.2 Å². The molecule has 0 saturated heterocycles. The van der Waals surface area contributed by atoms with E-state index in [9.17, 15) is 0 Å². The quantitative estimate of drug-likeness (QED) is 0.621. The van der Waals surface area contributed by atoms with Crippen molar-refractivity contribution >= 4 is 11.7 Å². The van der Waals surface area contributed by atoms with Crippen LogP contribution in [0.5, 0.6) is 0 Å². The summed E-state index contributed by atoms with van der Waals surface area (Å²) in [6.45, 7) is 13.4. The highest BCUT2D eigenvalue weighted by molar-refractivity contribution is 5.65. The summed E-state index contributed by atoms with van der Waals surface area (Å²) in [7, 11) is 1.72. The lowest BCUT2D eigenvalue weighted by Crippen LogP contribution is -2.03. The molecule has 0 N–H and O–H groups in total. The van der Waals surface area contributed by atoms with E-state index in [1.165, 1.54) is 22.3 Å². The van der Waals surface area contributed by atoms with Crippen molar-refractivity contribution in [3.05, 3.63) is 28.3 Å². The van der Waals surface area contributed by atoms with Crippen LogP contribution < -0.4 is 0 Å². The van der Waals surface area contributed by atoms with Gasteiger partial charge >= 0.3 is 0 Å². The first-order valence-electron chi connectivity index (χ1n) is 7.64. The van der Waals surface area contributed by atoms with Gasteiger partial charge < -0.3 is 0 Å². The van der Waals surface area contributed by atoms with E-state index in [0.29, 0.717) is 11.8 Å². The van der Waals surface area contributed by atoms with Crippen LogP contribution in [0.25, 0.3) is 0 Å². The SMILES string of the molecule is CCCc1cc(C(C)C)c(C)c(C(C)C)c1N=C=NC. The largest absolute Gasteiger partial charge is 0.229 e. The highest BCUT2D eigenvalue weighted by Crippen LogP contribution is 2.38. The predicted molar refractivity (Wildman–Crippen MR) is 88.8 cm³/mol. The van der Waals surface area contributed by atoms with E-state index in [1.807, 2.05) is 0 Å². The molecule has 0 unspecified atom stereocenters. The van der Waals surface area contributed by atoms with E-state index < -0.39 is 0 Å². The van der Waals surface area contributed by atoms with Gasteiger partial charge in [0.25, 0.3) is 0 Å². The third kappa shape index (κ3) is 3.58. The Labute approximate surface area is 124 Å². The minimum absolute atomic E-state index is 0.460. The van der Waals surface area contributed by atoms with Crippen LogP contribution in [-0.4, -0.2) is 13.1 Å². The van der Waals surface area contributed by atoms with E-state index in [0.717, 1.165) is 18.5 Å². The molecule has 2 heteroatoms. The van der Waals surface area contributed by atoms with Crippen LogP contribution in [0.3, 0.4) is 0 Å².